The minimum absolute atomic E-state index is 0.0450. The number of halogens is 1. The predicted molar refractivity (Wildman–Crippen MR) is 113 cm³/mol. The first-order valence-corrected chi connectivity index (χ1v) is 9.30. The van der Waals surface area contributed by atoms with Gasteiger partial charge in [0.05, 0.1) is 22.5 Å². The number of aromatic amines is 1. The lowest BCUT2D eigenvalue weighted by molar-refractivity contribution is 0.0952. The van der Waals surface area contributed by atoms with E-state index in [1.165, 1.54) is 16.8 Å². The molecule has 1 aromatic heterocycles. The van der Waals surface area contributed by atoms with E-state index >= 15 is 0 Å². The zero-order valence-electron chi connectivity index (χ0n) is 15.0. The number of phenols is 2. The van der Waals surface area contributed by atoms with E-state index in [9.17, 15) is 19.8 Å². The van der Waals surface area contributed by atoms with Crippen molar-refractivity contribution in [3.8, 4) is 17.2 Å². The zero-order valence-corrected chi connectivity index (χ0v) is 17.2. The number of nitrogens with one attached hydrogen (secondary N) is 2. The molecule has 0 saturated heterocycles. The lowest BCUT2D eigenvalue weighted by Gasteiger charge is -2.04. The van der Waals surface area contributed by atoms with Gasteiger partial charge < -0.3 is 10.2 Å². The number of H-pyrrole nitrogens is 1. The van der Waals surface area contributed by atoms with Crippen LogP contribution in [0.5, 0.6) is 11.5 Å². The summed E-state index contributed by atoms with van der Waals surface area (Å²) in [4.78, 5) is 25.0. The number of aromatic nitrogens is 2. The van der Waals surface area contributed by atoms with E-state index in [2.05, 4.69) is 38.2 Å². The second-order valence-electron chi connectivity index (χ2n) is 6.07. The van der Waals surface area contributed by atoms with Crippen LogP contribution in [0.15, 0.2) is 52.4 Å². The Morgan fingerprint density at radius 1 is 1.18 bits per heavy atom. The zero-order chi connectivity index (χ0) is 20.4. The molecule has 0 fully saturated rings. The summed E-state index contributed by atoms with van der Waals surface area (Å²) in [5, 5.41) is 26.0. The Morgan fingerprint density at radius 3 is 2.50 bits per heavy atom. The molecule has 9 heteroatoms. The van der Waals surface area contributed by atoms with E-state index in [-0.39, 0.29) is 22.6 Å². The molecule has 0 unspecified atom stereocenters. The molecule has 3 rings (SSSR count). The Labute approximate surface area is 173 Å². The summed E-state index contributed by atoms with van der Waals surface area (Å²) in [6.07, 6.45) is 0. The van der Waals surface area contributed by atoms with Crippen molar-refractivity contribution in [2.45, 2.75) is 13.8 Å². The average Bonchev–Trinajstić information content (AvgIpc) is 2.94. The van der Waals surface area contributed by atoms with Crippen LogP contribution in [0, 0.1) is 10.5 Å². The normalized spacial score (nSPS) is 11.5. The van der Waals surface area contributed by atoms with Crippen molar-refractivity contribution in [3.63, 3.8) is 0 Å². The molecule has 0 aliphatic rings. The third-order valence-corrected chi connectivity index (χ3v) is 4.79. The Bertz CT molecular complexity index is 1130. The fraction of sp³-hybridized carbons (Fsp3) is 0.105. The smallest absolute Gasteiger partial charge is 0.280 e. The fourth-order valence-corrected chi connectivity index (χ4v) is 3.07. The predicted octanol–water partition coefficient (Wildman–Crippen LogP) is 2.64. The van der Waals surface area contributed by atoms with Crippen molar-refractivity contribution in [1.29, 1.82) is 0 Å². The number of carbonyl (C=O) groups excluding carboxylic acids is 1. The van der Waals surface area contributed by atoms with Crippen molar-refractivity contribution in [3.05, 3.63) is 73.2 Å². The van der Waals surface area contributed by atoms with Crippen molar-refractivity contribution in [2.24, 2.45) is 5.10 Å². The number of nitrogens with zero attached hydrogens (tertiary/aromatic N) is 2. The van der Waals surface area contributed by atoms with Gasteiger partial charge in [0.25, 0.3) is 11.5 Å². The quantitative estimate of drug-likeness (QED) is 0.254. The molecule has 1 amide bonds. The Hall–Kier alpha value is -3.08. The lowest BCUT2D eigenvalue weighted by Crippen LogP contribution is -2.23. The third-order valence-electron chi connectivity index (χ3n) is 4.07. The van der Waals surface area contributed by atoms with Gasteiger partial charge in [-0.15, -0.1) is 0 Å². The fourth-order valence-electron chi connectivity index (χ4n) is 2.71. The van der Waals surface area contributed by atoms with E-state index in [4.69, 9.17) is 0 Å². The van der Waals surface area contributed by atoms with Crippen LogP contribution >= 0.6 is 22.6 Å². The molecule has 0 aliphatic carbocycles. The van der Waals surface area contributed by atoms with Crippen LogP contribution in [-0.2, 0) is 0 Å². The number of hydrogen-bond acceptors (Lipinski definition) is 5. The van der Waals surface area contributed by atoms with Gasteiger partial charge in [0, 0.05) is 15.3 Å². The molecule has 1 heterocycles. The maximum Gasteiger partial charge on any atom is 0.280 e. The molecule has 0 atom stereocenters. The lowest BCUT2D eigenvalue weighted by atomic mass is 10.2. The van der Waals surface area contributed by atoms with Crippen LogP contribution in [-0.4, -0.2) is 31.6 Å². The van der Waals surface area contributed by atoms with Crippen LogP contribution in [0.25, 0.3) is 5.69 Å². The van der Waals surface area contributed by atoms with Gasteiger partial charge in [0.1, 0.15) is 11.5 Å². The molecule has 0 spiro atoms. The topological polar surface area (TPSA) is 120 Å². The standard InChI is InChI=1S/C19H17IN4O4/c1-10(21-22-18(27)15-8-7-14(25)9-16(15)26)17-11(2)23-24(19(17)28)13-5-3-12(20)4-6-13/h3-9,23,25-26H,1-2H3,(H,22,27)/b21-10+. The van der Waals surface area contributed by atoms with Gasteiger partial charge in [0.15, 0.2) is 0 Å². The summed E-state index contributed by atoms with van der Waals surface area (Å²) in [6.45, 7) is 3.35. The van der Waals surface area contributed by atoms with E-state index in [1.807, 2.05) is 24.3 Å². The van der Waals surface area contributed by atoms with Gasteiger partial charge in [-0.05, 0) is 72.8 Å². The number of amides is 1. The summed E-state index contributed by atoms with van der Waals surface area (Å²) in [5.74, 6) is -1.19. The van der Waals surface area contributed by atoms with E-state index in [0.29, 0.717) is 22.7 Å². The number of hydrogen-bond donors (Lipinski definition) is 4. The monoisotopic (exact) mass is 492 g/mol. The van der Waals surface area contributed by atoms with Gasteiger partial charge in [0.2, 0.25) is 0 Å². The molecule has 0 saturated carbocycles. The van der Waals surface area contributed by atoms with Crippen LogP contribution in [0.3, 0.4) is 0 Å². The minimum atomic E-state index is -0.664. The summed E-state index contributed by atoms with van der Waals surface area (Å²) in [7, 11) is 0. The molecule has 144 valence electrons. The van der Waals surface area contributed by atoms with Crippen molar-refractivity contribution in [2.75, 3.05) is 0 Å². The second-order valence-corrected chi connectivity index (χ2v) is 7.31. The van der Waals surface area contributed by atoms with Gasteiger partial charge in [-0.3, -0.25) is 14.7 Å². The van der Waals surface area contributed by atoms with Crippen molar-refractivity contribution < 1.29 is 15.0 Å². The SMILES string of the molecule is C/C(=N\NC(=O)c1ccc(O)cc1O)c1c(C)[nH]n(-c2ccc(I)cc2)c1=O. The highest BCUT2D eigenvalue weighted by molar-refractivity contribution is 14.1. The number of carbonyl (C=O) groups is 1. The molecule has 0 bridgehead atoms. The van der Waals surface area contributed by atoms with Crippen LogP contribution < -0.4 is 11.0 Å². The highest BCUT2D eigenvalue weighted by Crippen LogP contribution is 2.22. The molecule has 28 heavy (non-hydrogen) atoms. The molecule has 4 N–H and O–H groups in total. The number of aromatic hydroxyl groups is 2. The number of phenolic OH excluding ortho intramolecular Hbond substituents is 2. The maximum absolute atomic E-state index is 12.8. The molecular weight excluding hydrogens is 475 g/mol. The number of hydrazone groups is 1. The van der Waals surface area contributed by atoms with Crippen LogP contribution in [0.2, 0.25) is 0 Å². The Morgan fingerprint density at radius 2 is 1.86 bits per heavy atom. The highest BCUT2D eigenvalue weighted by atomic mass is 127. The first-order chi connectivity index (χ1) is 13.3. The molecule has 0 aliphatic heterocycles. The van der Waals surface area contributed by atoms with Gasteiger partial charge in [-0.1, -0.05) is 0 Å². The molecule has 0 radical (unpaired) electrons. The average molecular weight is 492 g/mol. The van der Waals surface area contributed by atoms with Crippen LogP contribution in [0.4, 0.5) is 0 Å². The second kappa shape index (κ2) is 7.89. The molecule has 2 aromatic carbocycles. The van der Waals surface area contributed by atoms with E-state index in [0.717, 1.165) is 9.64 Å². The summed E-state index contributed by atoms with van der Waals surface area (Å²) < 4.78 is 2.46. The number of rotatable bonds is 4. The van der Waals surface area contributed by atoms with Gasteiger partial charge in [-0.2, -0.15) is 5.10 Å². The maximum atomic E-state index is 12.8. The van der Waals surface area contributed by atoms with Crippen molar-refractivity contribution in [1.82, 2.24) is 15.2 Å². The van der Waals surface area contributed by atoms with Crippen molar-refractivity contribution >= 4 is 34.2 Å². The van der Waals surface area contributed by atoms with Gasteiger partial charge in [-0.25, -0.2) is 10.1 Å². The Kier molecular flexibility index (Phi) is 5.54. The van der Waals surface area contributed by atoms with E-state index < -0.39 is 5.91 Å². The number of aryl methyl sites for hydroxylation is 1. The first kappa shape index (κ1) is 19.7. The highest BCUT2D eigenvalue weighted by Gasteiger charge is 2.16. The molecule has 8 nitrogen and oxygen atoms in total. The van der Waals surface area contributed by atoms with E-state index in [1.54, 1.807) is 13.8 Å². The molecule has 3 aromatic rings. The van der Waals surface area contributed by atoms with Crippen LogP contribution in [0.1, 0.15) is 28.5 Å². The van der Waals surface area contributed by atoms with Gasteiger partial charge >= 0.3 is 0 Å². The number of benzene rings is 2. The molecular formula is C19H17IN4O4. The Balaban J connectivity index is 1.88. The summed E-state index contributed by atoms with van der Waals surface area (Å²) in [6, 6.07) is 11.0. The summed E-state index contributed by atoms with van der Waals surface area (Å²) in [5.41, 5.74) is 3.92. The first-order valence-electron chi connectivity index (χ1n) is 8.22. The summed E-state index contributed by atoms with van der Waals surface area (Å²) >= 11 is 2.18. The minimum Gasteiger partial charge on any atom is -0.508 e. The largest absolute Gasteiger partial charge is 0.508 e. The third kappa shape index (κ3) is 3.93.